The van der Waals surface area contributed by atoms with Crippen molar-refractivity contribution in [3.8, 4) is 11.1 Å². The van der Waals surface area contributed by atoms with Crippen LogP contribution in [0.2, 0.25) is 0 Å². The first-order valence-electron chi connectivity index (χ1n) is 9.78. The Kier molecular flexibility index (Phi) is 8.53. The Balaban J connectivity index is 0.000001000. The maximum absolute atomic E-state index is 3.55. The summed E-state index contributed by atoms with van der Waals surface area (Å²) in [5, 5.41) is 2.67. The summed E-state index contributed by atoms with van der Waals surface area (Å²) in [6, 6.07) is 21.3. The Morgan fingerprint density at radius 2 is 1.86 bits per heavy atom. The SMILES string of the molecule is CCCCC1=CC(c2cc3c(c4[c-]cccc24)Cc2ccccc2-3)C=C1.[Cl-].[Cl-].[Zr+3]. The van der Waals surface area contributed by atoms with E-state index in [0.29, 0.717) is 5.92 Å². The molecule has 0 heterocycles. The quantitative estimate of drug-likeness (QED) is 0.369. The number of fused-ring (bicyclic) bond motifs is 5. The Morgan fingerprint density at radius 1 is 1.03 bits per heavy atom. The maximum atomic E-state index is 3.55. The number of hydrogen-bond acceptors (Lipinski definition) is 0. The molecule has 0 bridgehead atoms. The van der Waals surface area contributed by atoms with Crippen LogP contribution in [0.3, 0.4) is 0 Å². The second kappa shape index (κ2) is 10.3. The minimum absolute atomic E-state index is 0. The van der Waals surface area contributed by atoms with Crippen molar-refractivity contribution in [3.63, 3.8) is 0 Å². The van der Waals surface area contributed by atoms with Crippen LogP contribution in [0.15, 0.2) is 72.3 Å². The van der Waals surface area contributed by atoms with Gasteiger partial charge in [0.2, 0.25) is 0 Å². The molecule has 0 aliphatic heterocycles. The van der Waals surface area contributed by atoms with E-state index in [9.17, 15) is 0 Å². The second-order valence-corrected chi connectivity index (χ2v) is 7.51. The molecule has 0 amide bonds. The van der Waals surface area contributed by atoms with E-state index < -0.39 is 0 Å². The summed E-state index contributed by atoms with van der Waals surface area (Å²) in [6.45, 7) is 2.26. The van der Waals surface area contributed by atoms with E-state index in [1.54, 1.807) is 0 Å². The zero-order valence-corrected chi connectivity index (χ0v) is 20.5. The third-order valence-electron chi connectivity index (χ3n) is 5.86. The Morgan fingerprint density at radius 3 is 2.69 bits per heavy atom. The Bertz CT molecular complexity index is 1070. The first kappa shape index (κ1) is 24.1. The van der Waals surface area contributed by atoms with Crippen molar-refractivity contribution < 1.29 is 51.0 Å². The molecule has 0 fully saturated rings. The molecule has 3 aromatic rings. The summed E-state index contributed by atoms with van der Waals surface area (Å²) in [7, 11) is 0. The molecule has 1 atom stereocenters. The molecule has 1 unspecified atom stereocenters. The van der Waals surface area contributed by atoms with E-state index >= 15 is 0 Å². The number of hydrogen-bond donors (Lipinski definition) is 0. The zero-order valence-electron chi connectivity index (χ0n) is 16.5. The van der Waals surface area contributed by atoms with Gasteiger partial charge < -0.3 is 24.8 Å². The van der Waals surface area contributed by atoms with Gasteiger partial charge in [0.15, 0.2) is 0 Å². The average Bonchev–Trinajstić information content (AvgIpc) is 3.30. The Labute approximate surface area is 205 Å². The van der Waals surface area contributed by atoms with Gasteiger partial charge in [-0.25, -0.2) is 0 Å². The molecule has 29 heavy (non-hydrogen) atoms. The smallest absolute Gasteiger partial charge is 1.00 e. The van der Waals surface area contributed by atoms with Crippen molar-refractivity contribution in [2.75, 3.05) is 0 Å². The Hall–Kier alpha value is -1.14. The largest absolute Gasteiger partial charge is 3.00 e. The number of benzene rings is 3. The predicted octanol–water partition coefficient (Wildman–Crippen LogP) is 0.987. The van der Waals surface area contributed by atoms with Crippen molar-refractivity contribution in [2.24, 2.45) is 0 Å². The summed E-state index contributed by atoms with van der Waals surface area (Å²) in [4.78, 5) is 0. The molecule has 145 valence electrons. The van der Waals surface area contributed by atoms with E-state index in [-0.39, 0.29) is 51.0 Å². The number of allylic oxidation sites excluding steroid dienone is 4. The van der Waals surface area contributed by atoms with Gasteiger partial charge in [-0.1, -0.05) is 78.6 Å². The molecule has 2 aliphatic rings. The van der Waals surface area contributed by atoms with Gasteiger partial charge in [0, 0.05) is 5.92 Å². The molecule has 0 spiro atoms. The van der Waals surface area contributed by atoms with Crippen LogP contribution >= 0.6 is 0 Å². The summed E-state index contributed by atoms with van der Waals surface area (Å²) < 4.78 is 0. The first-order chi connectivity index (χ1) is 12.8. The maximum Gasteiger partial charge on any atom is 3.00 e. The molecular formula is C26H23Cl2Zr. The van der Waals surface area contributed by atoms with Crippen LogP contribution in [-0.4, -0.2) is 0 Å². The van der Waals surface area contributed by atoms with Crippen LogP contribution < -0.4 is 24.8 Å². The molecule has 0 saturated heterocycles. The fourth-order valence-electron chi connectivity index (χ4n) is 4.52. The predicted molar refractivity (Wildman–Crippen MR) is 111 cm³/mol. The van der Waals surface area contributed by atoms with E-state index in [1.807, 2.05) is 0 Å². The van der Waals surface area contributed by atoms with Gasteiger partial charge in [-0.15, -0.1) is 40.6 Å². The molecule has 2 aliphatic carbocycles. The summed E-state index contributed by atoms with van der Waals surface area (Å²) in [5.41, 5.74) is 8.62. The molecule has 3 heteroatoms. The monoisotopic (exact) mass is 495 g/mol. The van der Waals surface area contributed by atoms with Gasteiger partial charge in [-0.2, -0.15) is 0 Å². The second-order valence-electron chi connectivity index (χ2n) is 7.51. The summed E-state index contributed by atoms with van der Waals surface area (Å²) in [5.74, 6) is 0.387. The van der Waals surface area contributed by atoms with Gasteiger partial charge in [0.25, 0.3) is 0 Å². The third kappa shape index (κ3) is 4.34. The van der Waals surface area contributed by atoms with E-state index in [0.717, 1.165) is 6.42 Å². The molecule has 0 aromatic heterocycles. The van der Waals surface area contributed by atoms with Crippen molar-refractivity contribution in [3.05, 3.63) is 95.1 Å². The van der Waals surface area contributed by atoms with Crippen LogP contribution in [0, 0.1) is 6.07 Å². The van der Waals surface area contributed by atoms with Crippen molar-refractivity contribution in [1.29, 1.82) is 0 Å². The number of rotatable bonds is 4. The molecule has 5 rings (SSSR count). The molecule has 0 saturated carbocycles. The first-order valence-corrected chi connectivity index (χ1v) is 9.78. The topological polar surface area (TPSA) is 0 Å². The van der Waals surface area contributed by atoms with Crippen molar-refractivity contribution in [1.82, 2.24) is 0 Å². The molecule has 3 aromatic carbocycles. The van der Waals surface area contributed by atoms with Crippen LogP contribution in [0.4, 0.5) is 0 Å². The normalized spacial score (nSPS) is 15.6. The fraction of sp³-hybridized carbons (Fsp3) is 0.231. The van der Waals surface area contributed by atoms with Crippen LogP contribution in [0.1, 0.15) is 48.8 Å². The summed E-state index contributed by atoms with van der Waals surface area (Å²) in [6.07, 6.45) is 11.9. The zero-order chi connectivity index (χ0) is 17.5. The minimum atomic E-state index is 0. The van der Waals surface area contributed by atoms with Gasteiger partial charge in [0.1, 0.15) is 0 Å². The number of halogens is 2. The fourth-order valence-corrected chi connectivity index (χ4v) is 4.52. The van der Waals surface area contributed by atoms with Crippen LogP contribution in [-0.2, 0) is 32.6 Å². The van der Waals surface area contributed by atoms with E-state index in [1.165, 1.54) is 63.4 Å². The molecule has 0 nitrogen and oxygen atoms in total. The molecule has 0 N–H and O–H groups in total. The van der Waals surface area contributed by atoms with Gasteiger partial charge in [-0.05, 0) is 30.4 Å². The minimum Gasteiger partial charge on any atom is -1.00 e. The molecule has 1 radical (unpaired) electrons. The van der Waals surface area contributed by atoms with Gasteiger partial charge in [0.05, 0.1) is 0 Å². The van der Waals surface area contributed by atoms with Crippen LogP contribution in [0.25, 0.3) is 21.9 Å². The van der Waals surface area contributed by atoms with Gasteiger partial charge >= 0.3 is 26.2 Å². The van der Waals surface area contributed by atoms with Crippen molar-refractivity contribution in [2.45, 2.75) is 38.5 Å². The third-order valence-corrected chi connectivity index (χ3v) is 5.86. The van der Waals surface area contributed by atoms with E-state index in [2.05, 4.69) is 79.7 Å². The average molecular weight is 498 g/mol. The number of unbranched alkanes of at least 4 members (excludes halogenated alkanes) is 1. The van der Waals surface area contributed by atoms with E-state index in [4.69, 9.17) is 0 Å². The van der Waals surface area contributed by atoms with Gasteiger partial charge in [-0.3, -0.25) is 0 Å². The standard InChI is InChI=1S/C26H23.2ClH.Zr/c1-2-3-8-18-13-14-20(15-18)24-17-26-21-10-5-4-9-19(21)16-25(26)23-12-7-6-11-22(23)24;;;/h4-7,9-11,13-15,17,20H,2-3,8,16H2,1H3;2*1H;/q-1;;;+3/p-2. The van der Waals surface area contributed by atoms with Crippen LogP contribution in [0.5, 0.6) is 0 Å². The summed E-state index contributed by atoms with van der Waals surface area (Å²) >= 11 is 0. The molecular weight excluding hydrogens is 474 g/mol. The van der Waals surface area contributed by atoms with Crippen molar-refractivity contribution >= 4 is 10.8 Å².